The number of nitrogens with one attached hydrogen (secondary N) is 1. The standard InChI is InChI=1S/C20H18N4O2S/c25-19(14-9-11-21-12-10-14)24-22-13-15-5-1-4-8-18(15)27-20-23-16-6-2-3-7-17(16)26-20/h2-3,6-7,9-13H,1,4-5,8H2,(H,24,25). The Morgan fingerprint density at radius 2 is 1.96 bits per heavy atom. The minimum atomic E-state index is -0.252. The SMILES string of the molecule is O=C(NN=CC1=C(Sc2nc3ccccc3o2)CCCC1)c1ccncc1. The molecule has 0 saturated heterocycles. The zero-order chi connectivity index (χ0) is 18.5. The highest BCUT2D eigenvalue weighted by Gasteiger charge is 2.16. The second kappa shape index (κ2) is 8.18. The highest BCUT2D eigenvalue weighted by atomic mass is 32.2. The molecule has 27 heavy (non-hydrogen) atoms. The summed E-state index contributed by atoms with van der Waals surface area (Å²) in [4.78, 5) is 21.7. The lowest BCUT2D eigenvalue weighted by Crippen LogP contribution is -2.17. The van der Waals surface area contributed by atoms with E-state index in [0.717, 1.165) is 42.4 Å². The number of fused-ring (bicyclic) bond motifs is 1. The molecule has 1 aliphatic rings. The first-order chi connectivity index (χ1) is 13.3. The molecular weight excluding hydrogens is 360 g/mol. The number of hydrogen-bond donors (Lipinski definition) is 1. The second-order valence-corrected chi connectivity index (χ2v) is 7.19. The monoisotopic (exact) mass is 378 g/mol. The highest BCUT2D eigenvalue weighted by molar-refractivity contribution is 8.02. The van der Waals surface area contributed by atoms with E-state index in [2.05, 4.69) is 20.5 Å². The Morgan fingerprint density at radius 3 is 2.81 bits per heavy atom. The van der Waals surface area contributed by atoms with Crippen molar-refractivity contribution in [3.63, 3.8) is 0 Å². The van der Waals surface area contributed by atoms with Gasteiger partial charge in [0, 0.05) is 18.0 Å². The van der Waals surface area contributed by atoms with E-state index in [9.17, 15) is 4.79 Å². The molecule has 2 heterocycles. The van der Waals surface area contributed by atoms with Gasteiger partial charge in [0.25, 0.3) is 11.1 Å². The molecule has 7 heteroatoms. The van der Waals surface area contributed by atoms with E-state index in [0.29, 0.717) is 10.8 Å². The maximum Gasteiger partial charge on any atom is 0.271 e. The molecule has 0 bridgehead atoms. The van der Waals surface area contributed by atoms with Gasteiger partial charge in [-0.25, -0.2) is 10.4 Å². The highest BCUT2D eigenvalue weighted by Crippen LogP contribution is 2.37. The maximum atomic E-state index is 12.1. The summed E-state index contributed by atoms with van der Waals surface area (Å²) in [6.07, 6.45) is 9.03. The predicted molar refractivity (Wildman–Crippen MR) is 106 cm³/mol. The van der Waals surface area contributed by atoms with Gasteiger partial charge in [-0.15, -0.1) is 0 Å². The zero-order valence-corrected chi connectivity index (χ0v) is 15.4. The van der Waals surface area contributed by atoms with Crippen LogP contribution in [0.15, 0.2) is 74.0 Å². The van der Waals surface area contributed by atoms with Gasteiger partial charge in [-0.2, -0.15) is 5.10 Å². The van der Waals surface area contributed by atoms with Gasteiger partial charge in [-0.05, 0) is 72.2 Å². The Morgan fingerprint density at radius 1 is 1.15 bits per heavy atom. The van der Waals surface area contributed by atoms with Crippen LogP contribution in [0.2, 0.25) is 0 Å². The molecule has 0 unspecified atom stereocenters. The summed E-state index contributed by atoms with van der Waals surface area (Å²) in [6.45, 7) is 0. The largest absolute Gasteiger partial charge is 0.431 e. The molecule has 2 aromatic heterocycles. The summed E-state index contributed by atoms with van der Waals surface area (Å²) < 4.78 is 5.82. The van der Waals surface area contributed by atoms with Crippen LogP contribution in [0.25, 0.3) is 11.1 Å². The van der Waals surface area contributed by atoms with Gasteiger partial charge >= 0.3 is 0 Å². The quantitative estimate of drug-likeness (QED) is 0.520. The van der Waals surface area contributed by atoms with E-state index in [1.54, 1.807) is 42.5 Å². The summed E-state index contributed by atoms with van der Waals surface area (Å²) in [5.41, 5.74) is 5.86. The number of thioether (sulfide) groups is 1. The number of carbonyl (C=O) groups excluding carboxylic acids is 1. The number of para-hydroxylation sites is 2. The van der Waals surface area contributed by atoms with E-state index in [1.807, 2.05) is 24.3 Å². The van der Waals surface area contributed by atoms with Gasteiger partial charge < -0.3 is 4.42 Å². The van der Waals surface area contributed by atoms with E-state index in [1.165, 1.54) is 4.91 Å². The topological polar surface area (TPSA) is 80.4 Å². The van der Waals surface area contributed by atoms with E-state index >= 15 is 0 Å². The van der Waals surface area contributed by atoms with Crippen molar-refractivity contribution in [2.24, 2.45) is 5.10 Å². The number of hydrazone groups is 1. The minimum Gasteiger partial charge on any atom is -0.431 e. The number of carbonyl (C=O) groups is 1. The molecule has 4 rings (SSSR count). The van der Waals surface area contributed by atoms with E-state index < -0.39 is 0 Å². The first-order valence-electron chi connectivity index (χ1n) is 8.78. The summed E-state index contributed by atoms with van der Waals surface area (Å²) in [5.74, 6) is -0.252. The van der Waals surface area contributed by atoms with Crippen LogP contribution in [-0.4, -0.2) is 22.1 Å². The molecule has 136 valence electrons. The Kier molecular flexibility index (Phi) is 5.29. The van der Waals surface area contributed by atoms with Crippen molar-refractivity contribution in [1.29, 1.82) is 0 Å². The lowest BCUT2D eigenvalue weighted by Gasteiger charge is -2.15. The second-order valence-electron chi connectivity index (χ2n) is 6.14. The predicted octanol–water partition coefficient (Wildman–Crippen LogP) is 4.56. The zero-order valence-electron chi connectivity index (χ0n) is 14.6. The van der Waals surface area contributed by atoms with Gasteiger partial charge in [-0.1, -0.05) is 12.1 Å². The van der Waals surface area contributed by atoms with E-state index in [-0.39, 0.29) is 5.91 Å². The van der Waals surface area contributed by atoms with Crippen molar-refractivity contribution in [1.82, 2.24) is 15.4 Å². The average molecular weight is 378 g/mol. The van der Waals surface area contributed by atoms with Gasteiger partial charge in [0.2, 0.25) is 0 Å². The van der Waals surface area contributed by atoms with Crippen LogP contribution in [-0.2, 0) is 0 Å². The molecule has 1 amide bonds. The third-order valence-corrected chi connectivity index (χ3v) is 5.33. The number of hydrogen-bond acceptors (Lipinski definition) is 6. The Labute approximate surface area is 160 Å². The summed E-state index contributed by atoms with van der Waals surface area (Å²) in [7, 11) is 0. The van der Waals surface area contributed by atoms with Crippen LogP contribution in [0, 0.1) is 0 Å². The number of benzene rings is 1. The van der Waals surface area contributed by atoms with Crippen LogP contribution in [0.1, 0.15) is 36.0 Å². The third-order valence-electron chi connectivity index (χ3n) is 4.27. The van der Waals surface area contributed by atoms with Gasteiger partial charge in [0.1, 0.15) is 5.52 Å². The number of pyridine rings is 1. The number of oxazole rings is 1. The first kappa shape index (κ1) is 17.5. The van der Waals surface area contributed by atoms with Crippen molar-refractivity contribution in [2.45, 2.75) is 30.9 Å². The summed E-state index contributed by atoms with van der Waals surface area (Å²) in [5, 5.41) is 4.78. The molecule has 0 spiro atoms. The normalized spacial score (nSPS) is 14.8. The molecule has 1 aliphatic carbocycles. The Bertz CT molecular complexity index is 978. The fraction of sp³-hybridized carbons (Fsp3) is 0.200. The molecule has 0 radical (unpaired) electrons. The third kappa shape index (κ3) is 4.25. The Hall–Kier alpha value is -2.93. The number of aromatic nitrogens is 2. The molecule has 1 N–H and O–H groups in total. The number of rotatable bonds is 5. The molecule has 0 atom stereocenters. The maximum absolute atomic E-state index is 12.1. The van der Waals surface area contributed by atoms with Crippen molar-refractivity contribution in [3.8, 4) is 0 Å². The molecule has 6 nitrogen and oxygen atoms in total. The summed E-state index contributed by atoms with van der Waals surface area (Å²) in [6, 6.07) is 11.0. The summed E-state index contributed by atoms with van der Waals surface area (Å²) >= 11 is 1.54. The molecule has 0 saturated carbocycles. The lowest BCUT2D eigenvalue weighted by atomic mass is 10.0. The van der Waals surface area contributed by atoms with Crippen LogP contribution in [0.4, 0.5) is 0 Å². The van der Waals surface area contributed by atoms with Gasteiger partial charge in [-0.3, -0.25) is 9.78 Å². The van der Waals surface area contributed by atoms with E-state index in [4.69, 9.17) is 4.42 Å². The molecule has 0 aliphatic heterocycles. The molecular formula is C20H18N4O2S. The first-order valence-corrected chi connectivity index (χ1v) is 9.60. The smallest absolute Gasteiger partial charge is 0.271 e. The number of amides is 1. The molecule has 1 aromatic carbocycles. The fourth-order valence-corrected chi connectivity index (χ4v) is 3.91. The van der Waals surface area contributed by atoms with Crippen LogP contribution < -0.4 is 5.43 Å². The fourth-order valence-electron chi connectivity index (χ4n) is 2.89. The van der Waals surface area contributed by atoms with Crippen molar-refractivity contribution >= 4 is 35.0 Å². The lowest BCUT2D eigenvalue weighted by molar-refractivity contribution is 0.0955. The van der Waals surface area contributed by atoms with Crippen LogP contribution in [0.3, 0.4) is 0 Å². The Balaban J connectivity index is 1.48. The van der Waals surface area contributed by atoms with Gasteiger partial charge in [0.15, 0.2) is 5.58 Å². The van der Waals surface area contributed by atoms with Gasteiger partial charge in [0.05, 0.1) is 6.21 Å². The average Bonchev–Trinajstić information content (AvgIpc) is 3.12. The number of nitrogens with zero attached hydrogens (tertiary/aromatic N) is 3. The van der Waals surface area contributed by atoms with Crippen molar-refractivity contribution in [3.05, 3.63) is 64.8 Å². The van der Waals surface area contributed by atoms with Crippen molar-refractivity contribution < 1.29 is 9.21 Å². The van der Waals surface area contributed by atoms with Crippen LogP contribution in [0.5, 0.6) is 0 Å². The number of allylic oxidation sites excluding steroid dienone is 2. The van der Waals surface area contributed by atoms with Crippen molar-refractivity contribution in [2.75, 3.05) is 0 Å². The molecule has 0 fully saturated rings. The minimum absolute atomic E-state index is 0.252. The molecule has 3 aromatic rings. The van der Waals surface area contributed by atoms with Crippen LogP contribution >= 0.6 is 11.8 Å².